The fraction of sp³-hybridized carbons (Fsp3) is 0.312. The van der Waals surface area contributed by atoms with Crippen LogP contribution in [-0.4, -0.2) is 43.4 Å². The molecule has 0 aromatic heterocycles. The molecule has 238 valence electrons. The summed E-state index contributed by atoms with van der Waals surface area (Å²) in [5, 5.41) is 9.30. The first-order valence-electron chi connectivity index (χ1n) is 14.4. The Labute approximate surface area is 288 Å². The SMILES string of the molecule is COC(=O)[C@H](Cc1ccc(NC(=O)c2c(Cl)cccc2Cl)cc1)N=C(N)Nc1c(Br)cc(Br)cc1C(=O)NCC1CCCCC1. The zero-order valence-electron chi connectivity index (χ0n) is 24.5. The van der Waals surface area contributed by atoms with Crippen LogP contribution in [0, 0.1) is 5.92 Å². The summed E-state index contributed by atoms with van der Waals surface area (Å²) >= 11 is 19.3. The molecule has 13 heteroatoms. The predicted octanol–water partition coefficient (Wildman–Crippen LogP) is 7.59. The van der Waals surface area contributed by atoms with E-state index in [1.807, 2.05) is 0 Å². The molecule has 9 nitrogen and oxygen atoms in total. The van der Waals surface area contributed by atoms with Crippen LogP contribution in [0.5, 0.6) is 0 Å². The molecule has 0 spiro atoms. The second-order valence-electron chi connectivity index (χ2n) is 10.7. The van der Waals surface area contributed by atoms with E-state index < -0.39 is 17.9 Å². The minimum absolute atomic E-state index is 0.0738. The van der Waals surface area contributed by atoms with Crippen LogP contribution in [0.1, 0.15) is 58.4 Å². The third-order valence-corrected chi connectivity index (χ3v) is 9.14. The standard InChI is InChI=1S/C32H33Br2Cl2N5O4/c1-45-31(44)26(14-18-10-12-21(13-11-18)39-30(43)27-24(35)8-5-9-25(27)36)40-32(37)41-28-22(15-20(33)16-23(28)34)29(42)38-17-19-6-3-2-4-7-19/h5,8-13,15-16,19,26H,2-4,6-7,14,17H2,1H3,(H,38,42)(H,39,43)(H3,37,40,41)/t26-/m0/s1. The summed E-state index contributed by atoms with van der Waals surface area (Å²) in [6.45, 7) is 0.604. The highest BCUT2D eigenvalue weighted by atomic mass is 79.9. The summed E-state index contributed by atoms with van der Waals surface area (Å²) in [6, 6.07) is 14.2. The predicted molar refractivity (Wildman–Crippen MR) is 186 cm³/mol. The monoisotopic (exact) mass is 779 g/mol. The average Bonchev–Trinajstić information content (AvgIpc) is 3.01. The highest BCUT2D eigenvalue weighted by molar-refractivity contribution is 9.11. The molecule has 1 aliphatic rings. The Morgan fingerprint density at radius 2 is 1.64 bits per heavy atom. The van der Waals surface area contributed by atoms with Crippen molar-refractivity contribution in [2.45, 2.75) is 44.6 Å². The second-order valence-corrected chi connectivity index (χ2v) is 13.2. The minimum Gasteiger partial charge on any atom is -0.467 e. The van der Waals surface area contributed by atoms with Gasteiger partial charge >= 0.3 is 5.97 Å². The fourth-order valence-electron chi connectivity index (χ4n) is 5.10. The fourth-order valence-corrected chi connectivity index (χ4v) is 7.00. The lowest BCUT2D eigenvalue weighted by molar-refractivity contribution is -0.142. The van der Waals surface area contributed by atoms with Gasteiger partial charge in [-0.25, -0.2) is 9.79 Å². The molecule has 1 aliphatic carbocycles. The van der Waals surface area contributed by atoms with Crippen molar-refractivity contribution in [2.75, 3.05) is 24.3 Å². The van der Waals surface area contributed by atoms with Gasteiger partial charge in [0.25, 0.3) is 11.8 Å². The number of carbonyl (C=O) groups is 3. The van der Waals surface area contributed by atoms with E-state index in [0.717, 1.165) is 18.4 Å². The van der Waals surface area contributed by atoms with E-state index >= 15 is 0 Å². The van der Waals surface area contributed by atoms with E-state index in [9.17, 15) is 14.4 Å². The molecule has 0 radical (unpaired) electrons. The molecule has 3 aromatic rings. The van der Waals surface area contributed by atoms with Gasteiger partial charge < -0.3 is 26.4 Å². The number of aliphatic imine (C=N–C) groups is 1. The summed E-state index contributed by atoms with van der Waals surface area (Å²) in [4.78, 5) is 43.0. The van der Waals surface area contributed by atoms with Gasteiger partial charge in [0.05, 0.1) is 34.0 Å². The van der Waals surface area contributed by atoms with Gasteiger partial charge in [-0.2, -0.15) is 0 Å². The van der Waals surface area contributed by atoms with Gasteiger partial charge in [-0.3, -0.25) is 9.59 Å². The molecule has 0 saturated heterocycles. The molecule has 0 heterocycles. The third-order valence-electron chi connectivity index (χ3n) is 7.43. The lowest BCUT2D eigenvalue weighted by Gasteiger charge is -2.22. The molecule has 0 aliphatic heterocycles. The normalized spacial score (nSPS) is 14.4. The zero-order valence-corrected chi connectivity index (χ0v) is 29.2. The molecule has 1 atom stereocenters. The van der Waals surface area contributed by atoms with E-state index in [4.69, 9.17) is 33.7 Å². The molecule has 4 rings (SSSR count). The van der Waals surface area contributed by atoms with Gasteiger partial charge in [-0.1, -0.05) is 76.6 Å². The quantitative estimate of drug-likeness (QED) is 0.0952. The maximum Gasteiger partial charge on any atom is 0.331 e. The molecule has 45 heavy (non-hydrogen) atoms. The van der Waals surface area contributed by atoms with Crippen LogP contribution in [0.15, 0.2) is 68.5 Å². The molecule has 3 aromatic carbocycles. The Kier molecular flexibility index (Phi) is 12.7. The van der Waals surface area contributed by atoms with Gasteiger partial charge in [0.2, 0.25) is 0 Å². The number of guanidine groups is 1. The van der Waals surface area contributed by atoms with E-state index in [1.54, 1.807) is 54.6 Å². The first kappa shape index (κ1) is 34.7. The van der Waals surface area contributed by atoms with Crippen molar-refractivity contribution in [2.24, 2.45) is 16.6 Å². The first-order valence-corrected chi connectivity index (χ1v) is 16.7. The summed E-state index contributed by atoms with van der Waals surface area (Å²) in [7, 11) is 1.27. The molecule has 1 saturated carbocycles. The minimum atomic E-state index is -0.984. The number of ether oxygens (including phenoxy) is 1. The van der Waals surface area contributed by atoms with Gasteiger partial charge in [0, 0.05) is 27.6 Å². The molecular formula is C32H33Br2Cl2N5O4. The highest BCUT2D eigenvalue weighted by Crippen LogP contribution is 2.31. The maximum absolute atomic E-state index is 13.2. The van der Waals surface area contributed by atoms with Crippen molar-refractivity contribution in [1.82, 2.24) is 5.32 Å². The van der Waals surface area contributed by atoms with Crippen LogP contribution in [0.2, 0.25) is 10.0 Å². The van der Waals surface area contributed by atoms with Gasteiger partial charge in [-0.05, 0) is 76.7 Å². The molecule has 0 bridgehead atoms. The van der Waals surface area contributed by atoms with E-state index in [0.29, 0.717) is 38.3 Å². The van der Waals surface area contributed by atoms with Crippen LogP contribution in [0.3, 0.4) is 0 Å². The summed E-state index contributed by atoms with van der Waals surface area (Å²) < 4.78 is 6.28. The lowest BCUT2D eigenvalue weighted by Crippen LogP contribution is -2.33. The Morgan fingerprint density at radius 1 is 0.978 bits per heavy atom. The van der Waals surface area contributed by atoms with Gasteiger partial charge in [0.1, 0.15) is 0 Å². The van der Waals surface area contributed by atoms with Crippen molar-refractivity contribution < 1.29 is 19.1 Å². The van der Waals surface area contributed by atoms with Crippen LogP contribution >= 0.6 is 55.1 Å². The number of benzene rings is 3. The topological polar surface area (TPSA) is 135 Å². The van der Waals surface area contributed by atoms with Gasteiger partial charge in [-0.15, -0.1) is 0 Å². The Bertz CT molecular complexity index is 1560. The number of rotatable bonds is 10. The number of hydrogen-bond donors (Lipinski definition) is 4. The van der Waals surface area contributed by atoms with Crippen LogP contribution in [0.25, 0.3) is 0 Å². The summed E-state index contributed by atoms with van der Waals surface area (Å²) in [5.41, 5.74) is 8.49. The highest BCUT2D eigenvalue weighted by Gasteiger charge is 2.23. The smallest absolute Gasteiger partial charge is 0.331 e. The number of nitrogens with one attached hydrogen (secondary N) is 3. The third kappa shape index (κ3) is 9.68. The van der Waals surface area contributed by atoms with E-state index in [-0.39, 0.29) is 33.9 Å². The number of hydrogen-bond acceptors (Lipinski definition) is 5. The van der Waals surface area contributed by atoms with Gasteiger partial charge in [0.15, 0.2) is 12.0 Å². The number of esters is 1. The van der Waals surface area contributed by atoms with Crippen LogP contribution < -0.4 is 21.7 Å². The number of nitrogens with zero attached hydrogens (tertiary/aromatic N) is 1. The largest absolute Gasteiger partial charge is 0.467 e. The second kappa shape index (κ2) is 16.4. The van der Waals surface area contributed by atoms with Crippen molar-refractivity contribution >= 4 is 90.2 Å². The van der Waals surface area contributed by atoms with Crippen molar-refractivity contribution in [3.8, 4) is 0 Å². The number of amides is 2. The Morgan fingerprint density at radius 3 is 2.29 bits per heavy atom. The average molecular weight is 782 g/mol. The number of methoxy groups -OCH3 is 1. The van der Waals surface area contributed by atoms with E-state index in [1.165, 1.54) is 26.4 Å². The molecule has 5 N–H and O–H groups in total. The number of carbonyl (C=O) groups excluding carboxylic acids is 3. The lowest BCUT2D eigenvalue weighted by atomic mass is 9.89. The number of anilines is 2. The summed E-state index contributed by atoms with van der Waals surface area (Å²) in [5.74, 6) is -0.892. The number of nitrogens with two attached hydrogens (primary N) is 1. The Balaban J connectivity index is 1.46. The van der Waals surface area contributed by atoms with Crippen LogP contribution in [-0.2, 0) is 16.0 Å². The molecule has 2 amide bonds. The van der Waals surface area contributed by atoms with Crippen molar-refractivity contribution in [3.63, 3.8) is 0 Å². The molecule has 0 unspecified atom stereocenters. The maximum atomic E-state index is 13.2. The van der Waals surface area contributed by atoms with Crippen molar-refractivity contribution in [3.05, 3.63) is 90.3 Å². The number of halogens is 4. The zero-order chi connectivity index (χ0) is 32.5. The summed E-state index contributed by atoms with van der Waals surface area (Å²) in [6.07, 6.45) is 5.99. The first-order chi connectivity index (χ1) is 21.5. The molecular weight excluding hydrogens is 749 g/mol. The van der Waals surface area contributed by atoms with Crippen molar-refractivity contribution in [1.29, 1.82) is 0 Å². The van der Waals surface area contributed by atoms with Crippen LogP contribution in [0.4, 0.5) is 11.4 Å². The molecule has 1 fully saturated rings. The Hall–Kier alpha value is -3.12. The van der Waals surface area contributed by atoms with E-state index in [2.05, 4.69) is 52.8 Å².